The lowest BCUT2D eigenvalue weighted by atomic mass is 9.87. The molecule has 0 radical (unpaired) electrons. The highest BCUT2D eigenvalue weighted by Gasteiger charge is 2.53. The molecule has 0 aromatic heterocycles. The second-order valence-corrected chi connectivity index (χ2v) is 9.02. The van der Waals surface area contributed by atoms with E-state index in [2.05, 4.69) is 0 Å². The lowest BCUT2D eigenvalue weighted by Gasteiger charge is -2.45. The average molecular weight is 465 g/mol. The van der Waals surface area contributed by atoms with Crippen LogP contribution in [0.2, 0.25) is 5.02 Å². The Kier molecular flexibility index (Phi) is 7.07. The Balaban J connectivity index is 1.53. The molecule has 174 valence electrons. The Morgan fingerprint density at radius 3 is 2.34 bits per heavy atom. The predicted molar refractivity (Wildman–Crippen MR) is 117 cm³/mol. The molecule has 1 saturated heterocycles. The van der Waals surface area contributed by atoms with E-state index in [1.807, 2.05) is 24.3 Å². The number of hydrogen-bond acceptors (Lipinski definition) is 7. The van der Waals surface area contributed by atoms with Gasteiger partial charge in [-0.25, -0.2) is 0 Å². The molecule has 1 heterocycles. The molecule has 8 heteroatoms. The van der Waals surface area contributed by atoms with Gasteiger partial charge in [-0.3, -0.25) is 0 Å². The molecule has 1 saturated carbocycles. The summed E-state index contributed by atoms with van der Waals surface area (Å²) in [5.41, 5.74) is 1.82. The molecular formula is C24H29ClO7. The van der Waals surface area contributed by atoms with E-state index in [1.54, 1.807) is 12.1 Å². The van der Waals surface area contributed by atoms with Gasteiger partial charge in [-0.05, 0) is 67.5 Å². The molecule has 7 nitrogen and oxygen atoms in total. The third-order valence-corrected chi connectivity index (χ3v) is 6.72. The first kappa shape index (κ1) is 23.4. The van der Waals surface area contributed by atoms with Crippen LogP contribution < -0.4 is 4.74 Å². The molecule has 5 atom stereocenters. The number of aliphatic hydroxyl groups excluding tert-OH is 4. The van der Waals surface area contributed by atoms with Gasteiger partial charge in [-0.2, -0.15) is 0 Å². The van der Waals surface area contributed by atoms with E-state index in [0.717, 1.165) is 24.2 Å². The molecule has 2 fully saturated rings. The number of hydrogen-bond donors (Lipinski definition) is 5. The summed E-state index contributed by atoms with van der Waals surface area (Å²) in [5, 5.41) is 51.5. The first-order chi connectivity index (χ1) is 15.3. The van der Waals surface area contributed by atoms with Crippen LogP contribution in [-0.4, -0.2) is 62.7 Å². The van der Waals surface area contributed by atoms with Crippen molar-refractivity contribution in [2.75, 3.05) is 6.61 Å². The van der Waals surface area contributed by atoms with Crippen molar-refractivity contribution in [3.05, 3.63) is 64.2 Å². The third kappa shape index (κ3) is 4.65. The SMILES string of the molecule is OC[C@H]1O[C@](O)(c2ccc(Cl)c(Cc3ccc(OC4CCCC4)cc3)c2)[C@H](O)[C@@H](O)[C@@H]1O. The summed E-state index contributed by atoms with van der Waals surface area (Å²) < 4.78 is 11.4. The van der Waals surface area contributed by atoms with Crippen LogP contribution in [0.4, 0.5) is 0 Å². The van der Waals surface area contributed by atoms with Crippen LogP contribution in [0.25, 0.3) is 0 Å². The lowest BCUT2D eigenvalue weighted by molar-refractivity contribution is -0.357. The van der Waals surface area contributed by atoms with Gasteiger partial charge >= 0.3 is 0 Å². The maximum atomic E-state index is 11.0. The third-order valence-electron chi connectivity index (χ3n) is 6.35. The fourth-order valence-corrected chi connectivity index (χ4v) is 4.61. The highest BCUT2D eigenvalue weighted by atomic mass is 35.5. The minimum atomic E-state index is -2.32. The smallest absolute Gasteiger partial charge is 0.222 e. The maximum Gasteiger partial charge on any atom is 0.222 e. The second-order valence-electron chi connectivity index (χ2n) is 8.61. The molecule has 0 spiro atoms. The molecule has 0 unspecified atom stereocenters. The molecule has 1 aliphatic heterocycles. The summed E-state index contributed by atoms with van der Waals surface area (Å²) in [4.78, 5) is 0. The van der Waals surface area contributed by atoms with Crippen molar-refractivity contribution in [1.82, 2.24) is 0 Å². The Labute approximate surface area is 191 Å². The van der Waals surface area contributed by atoms with Crippen molar-refractivity contribution in [2.24, 2.45) is 0 Å². The molecular weight excluding hydrogens is 436 g/mol. The maximum absolute atomic E-state index is 11.0. The van der Waals surface area contributed by atoms with Gasteiger partial charge in [0.2, 0.25) is 5.79 Å². The number of halogens is 1. The fraction of sp³-hybridized carbons (Fsp3) is 0.500. The molecule has 0 bridgehead atoms. The molecule has 5 N–H and O–H groups in total. The minimum absolute atomic E-state index is 0.162. The zero-order chi connectivity index (χ0) is 22.9. The molecule has 2 aromatic rings. The number of rotatable bonds is 6. The van der Waals surface area contributed by atoms with E-state index in [4.69, 9.17) is 21.1 Å². The van der Waals surface area contributed by atoms with Gasteiger partial charge in [-0.15, -0.1) is 0 Å². The fourth-order valence-electron chi connectivity index (χ4n) is 4.43. The standard InChI is InChI=1S/C24H29ClO7/c25-19-10-7-16(24(30)23(29)22(28)21(27)20(13-26)32-24)12-15(19)11-14-5-8-18(9-6-14)31-17-3-1-2-4-17/h5-10,12,17,20-23,26-30H,1-4,11,13H2/t20-,21-,22+,23-,24-/m1/s1. The van der Waals surface area contributed by atoms with Gasteiger partial charge < -0.3 is 35.0 Å². The Morgan fingerprint density at radius 2 is 1.69 bits per heavy atom. The van der Waals surface area contributed by atoms with Crippen LogP contribution in [0, 0.1) is 0 Å². The zero-order valence-corrected chi connectivity index (χ0v) is 18.4. The Hall–Kier alpha value is -1.71. The molecule has 4 rings (SSSR count). The van der Waals surface area contributed by atoms with Crippen molar-refractivity contribution in [3.8, 4) is 5.75 Å². The largest absolute Gasteiger partial charge is 0.490 e. The molecule has 1 aliphatic carbocycles. The van der Waals surface area contributed by atoms with E-state index in [9.17, 15) is 25.5 Å². The van der Waals surface area contributed by atoms with E-state index in [1.165, 1.54) is 18.9 Å². The number of aliphatic hydroxyl groups is 5. The van der Waals surface area contributed by atoms with Crippen molar-refractivity contribution >= 4 is 11.6 Å². The van der Waals surface area contributed by atoms with Crippen molar-refractivity contribution in [1.29, 1.82) is 0 Å². The van der Waals surface area contributed by atoms with Crippen molar-refractivity contribution in [3.63, 3.8) is 0 Å². The average Bonchev–Trinajstić information content (AvgIpc) is 3.30. The highest BCUT2D eigenvalue weighted by molar-refractivity contribution is 6.31. The summed E-state index contributed by atoms with van der Waals surface area (Å²) in [7, 11) is 0. The van der Waals surface area contributed by atoms with Gasteiger partial charge in [0.15, 0.2) is 0 Å². The lowest BCUT2D eigenvalue weighted by Crippen LogP contribution is -2.63. The summed E-state index contributed by atoms with van der Waals surface area (Å²) in [5.74, 6) is -1.49. The number of benzene rings is 2. The van der Waals surface area contributed by atoms with Crippen molar-refractivity contribution < 1.29 is 35.0 Å². The zero-order valence-electron chi connectivity index (χ0n) is 17.6. The monoisotopic (exact) mass is 464 g/mol. The summed E-state index contributed by atoms with van der Waals surface area (Å²) in [6.07, 6.45) is -0.985. The van der Waals surface area contributed by atoms with E-state index in [0.29, 0.717) is 17.0 Å². The second kappa shape index (κ2) is 9.65. The van der Waals surface area contributed by atoms with E-state index < -0.39 is 36.8 Å². The normalized spacial score (nSPS) is 31.1. The van der Waals surface area contributed by atoms with Crippen LogP contribution in [0.1, 0.15) is 42.4 Å². The van der Waals surface area contributed by atoms with Crippen LogP contribution in [-0.2, 0) is 16.9 Å². The molecule has 2 aromatic carbocycles. The molecule has 2 aliphatic rings. The van der Waals surface area contributed by atoms with Gasteiger partial charge in [0.05, 0.1) is 12.7 Å². The van der Waals surface area contributed by atoms with Crippen LogP contribution >= 0.6 is 11.6 Å². The summed E-state index contributed by atoms with van der Waals surface area (Å²) in [6.45, 7) is -0.636. The Bertz CT molecular complexity index is 913. The van der Waals surface area contributed by atoms with Gasteiger partial charge in [0, 0.05) is 10.6 Å². The summed E-state index contributed by atoms with van der Waals surface area (Å²) >= 11 is 6.38. The quantitative estimate of drug-likeness (QED) is 0.442. The van der Waals surface area contributed by atoms with Crippen LogP contribution in [0.15, 0.2) is 42.5 Å². The van der Waals surface area contributed by atoms with E-state index >= 15 is 0 Å². The summed E-state index contributed by atoms with van der Waals surface area (Å²) in [6, 6.07) is 12.4. The molecule has 32 heavy (non-hydrogen) atoms. The highest BCUT2D eigenvalue weighted by Crippen LogP contribution is 2.38. The van der Waals surface area contributed by atoms with Crippen LogP contribution in [0.5, 0.6) is 5.75 Å². The first-order valence-electron chi connectivity index (χ1n) is 10.9. The van der Waals surface area contributed by atoms with Gasteiger partial charge in [0.25, 0.3) is 0 Å². The molecule has 0 amide bonds. The number of ether oxygens (including phenoxy) is 2. The van der Waals surface area contributed by atoms with Gasteiger partial charge in [-0.1, -0.05) is 29.8 Å². The Morgan fingerprint density at radius 1 is 1.00 bits per heavy atom. The van der Waals surface area contributed by atoms with Crippen molar-refractivity contribution in [2.45, 2.75) is 68.4 Å². The predicted octanol–water partition coefficient (Wildman–Crippen LogP) is 1.87. The first-order valence-corrected chi connectivity index (χ1v) is 11.3. The van der Waals surface area contributed by atoms with Gasteiger partial charge in [0.1, 0.15) is 30.2 Å². The van der Waals surface area contributed by atoms with E-state index in [-0.39, 0.29) is 11.7 Å². The van der Waals surface area contributed by atoms with Crippen LogP contribution in [0.3, 0.4) is 0 Å². The minimum Gasteiger partial charge on any atom is -0.490 e. The topological polar surface area (TPSA) is 120 Å².